The Morgan fingerprint density at radius 2 is 1.90 bits per heavy atom. The number of benzene rings is 2. The van der Waals surface area contributed by atoms with Crippen LogP contribution >= 0.6 is 11.6 Å². The SMILES string of the molecule is COC(=O)[C@@H]1Cc2ccccc2CN1C(=O)COC(=O)/C=C/c1cccc(Cl)c1. The van der Waals surface area contributed by atoms with Crippen LogP contribution < -0.4 is 0 Å². The van der Waals surface area contributed by atoms with Gasteiger partial charge in [0.1, 0.15) is 6.04 Å². The van der Waals surface area contributed by atoms with Gasteiger partial charge in [0.25, 0.3) is 5.91 Å². The first-order chi connectivity index (χ1) is 14.0. The summed E-state index contributed by atoms with van der Waals surface area (Å²) in [7, 11) is 1.28. The molecular formula is C22H20ClNO5. The lowest BCUT2D eigenvalue weighted by Gasteiger charge is -2.35. The minimum atomic E-state index is -0.747. The summed E-state index contributed by atoms with van der Waals surface area (Å²) >= 11 is 5.90. The van der Waals surface area contributed by atoms with Crippen LogP contribution in [0, 0.1) is 0 Å². The first-order valence-corrected chi connectivity index (χ1v) is 9.40. The van der Waals surface area contributed by atoms with Crippen molar-refractivity contribution in [1.29, 1.82) is 0 Å². The lowest BCUT2D eigenvalue weighted by molar-refractivity contribution is -0.158. The van der Waals surface area contributed by atoms with E-state index in [-0.39, 0.29) is 6.54 Å². The molecule has 0 aromatic heterocycles. The van der Waals surface area contributed by atoms with Gasteiger partial charge in [-0.05, 0) is 34.9 Å². The van der Waals surface area contributed by atoms with Gasteiger partial charge in [-0.1, -0.05) is 48.0 Å². The molecule has 1 atom stereocenters. The fourth-order valence-electron chi connectivity index (χ4n) is 3.17. The molecular weight excluding hydrogens is 394 g/mol. The van der Waals surface area contributed by atoms with E-state index in [1.54, 1.807) is 30.3 Å². The zero-order chi connectivity index (χ0) is 20.8. The molecule has 0 spiro atoms. The highest BCUT2D eigenvalue weighted by Gasteiger charge is 2.35. The van der Waals surface area contributed by atoms with E-state index < -0.39 is 30.5 Å². The Bertz CT molecular complexity index is 956. The Hall–Kier alpha value is -3.12. The predicted octanol–water partition coefficient (Wildman–Crippen LogP) is 3.02. The van der Waals surface area contributed by atoms with Crippen LogP contribution in [0.3, 0.4) is 0 Å². The fourth-order valence-corrected chi connectivity index (χ4v) is 3.37. The number of ether oxygens (including phenoxy) is 2. The second-order valence-electron chi connectivity index (χ2n) is 6.53. The van der Waals surface area contributed by atoms with Gasteiger partial charge in [0.05, 0.1) is 7.11 Å². The Kier molecular flexibility index (Phi) is 6.67. The van der Waals surface area contributed by atoms with Gasteiger partial charge in [-0.3, -0.25) is 4.79 Å². The molecule has 0 aliphatic carbocycles. The van der Waals surface area contributed by atoms with Crippen molar-refractivity contribution in [3.8, 4) is 0 Å². The van der Waals surface area contributed by atoms with Gasteiger partial charge < -0.3 is 14.4 Å². The van der Waals surface area contributed by atoms with Crippen LogP contribution in [0.5, 0.6) is 0 Å². The summed E-state index contributed by atoms with van der Waals surface area (Å²) in [4.78, 5) is 38.2. The highest BCUT2D eigenvalue weighted by molar-refractivity contribution is 6.30. The maximum Gasteiger partial charge on any atom is 0.331 e. The number of esters is 2. The number of rotatable bonds is 5. The molecule has 0 saturated carbocycles. The minimum absolute atomic E-state index is 0.255. The van der Waals surface area contributed by atoms with Crippen LogP contribution in [0.25, 0.3) is 6.08 Å². The molecule has 1 aliphatic rings. The van der Waals surface area contributed by atoms with Gasteiger partial charge in [-0.25, -0.2) is 9.59 Å². The van der Waals surface area contributed by atoms with Gasteiger partial charge in [-0.2, -0.15) is 0 Å². The third-order valence-electron chi connectivity index (χ3n) is 4.64. The van der Waals surface area contributed by atoms with Gasteiger partial charge >= 0.3 is 11.9 Å². The Morgan fingerprint density at radius 1 is 1.14 bits per heavy atom. The summed E-state index contributed by atoms with van der Waals surface area (Å²) in [6.07, 6.45) is 3.13. The van der Waals surface area contributed by atoms with Crippen LogP contribution in [-0.2, 0) is 36.8 Å². The average Bonchev–Trinajstić information content (AvgIpc) is 2.74. The van der Waals surface area contributed by atoms with E-state index >= 15 is 0 Å². The van der Waals surface area contributed by atoms with Crippen molar-refractivity contribution >= 4 is 35.5 Å². The molecule has 7 heteroatoms. The lowest BCUT2D eigenvalue weighted by Crippen LogP contribution is -2.50. The number of methoxy groups -OCH3 is 1. The Balaban J connectivity index is 1.63. The molecule has 0 radical (unpaired) electrons. The second kappa shape index (κ2) is 9.39. The zero-order valence-electron chi connectivity index (χ0n) is 15.8. The molecule has 1 heterocycles. The summed E-state index contributed by atoms with van der Waals surface area (Å²) in [6, 6.07) is 13.8. The number of carbonyl (C=O) groups excluding carboxylic acids is 3. The third-order valence-corrected chi connectivity index (χ3v) is 4.88. The van der Waals surface area contributed by atoms with E-state index in [9.17, 15) is 14.4 Å². The maximum atomic E-state index is 12.7. The molecule has 1 amide bonds. The van der Waals surface area contributed by atoms with Crippen LogP contribution in [-0.4, -0.2) is 42.5 Å². The van der Waals surface area contributed by atoms with E-state index in [1.165, 1.54) is 18.1 Å². The largest absolute Gasteiger partial charge is 0.467 e. The molecule has 150 valence electrons. The van der Waals surface area contributed by atoms with Crippen LogP contribution in [0.15, 0.2) is 54.6 Å². The molecule has 0 saturated heterocycles. The first-order valence-electron chi connectivity index (χ1n) is 9.02. The highest BCUT2D eigenvalue weighted by atomic mass is 35.5. The first kappa shape index (κ1) is 20.6. The van der Waals surface area contributed by atoms with Crippen molar-refractivity contribution in [2.75, 3.05) is 13.7 Å². The van der Waals surface area contributed by atoms with E-state index in [1.807, 2.05) is 24.3 Å². The van der Waals surface area contributed by atoms with Crippen molar-refractivity contribution in [3.63, 3.8) is 0 Å². The minimum Gasteiger partial charge on any atom is -0.467 e. The van der Waals surface area contributed by atoms with Crippen molar-refractivity contribution in [2.24, 2.45) is 0 Å². The van der Waals surface area contributed by atoms with Gasteiger partial charge in [-0.15, -0.1) is 0 Å². The Morgan fingerprint density at radius 3 is 2.62 bits per heavy atom. The quantitative estimate of drug-likeness (QED) is 0.556. The number of fused-ring (bicyclic) bond motifs is 1. The molecule has 1 aliphatic heterocycles. The van der Waals surface area contributed by atoms with Gasteiger partial charge in [0.2, 0.25) is 0 Å². The summed E-state index contributed by atoms with van der Waals surface area (Å²) in [5, 5.41) is 0.551. The van der Waals surface area contributed by atoms with E-state index in [4.69, 9.17) is 21.1 Å². The number of hydrogen-bond donors (Lipinski definition) is 0. The topological polar surface area (TPSA) is 72.9 Å². The summed E-state index contributed by atoms with van der Waals surface area (Å²) in [5.74, 6) is -1.62. The van der Waals surface area contributed by atoms with Gasteiger partial charge in [0, 0.05) is 24.1 Å². The normalized spacial score (nSPS) is 15.7. The standard InChI is InChI=1S/C22H20ClNO5/c1-28-22(27)19-12-16-6-2-3-7-17(16)13-24(19)20(25)14-29-21(26)10-9-15-5-4-8-18(23)11-15/h2-11,19H,12-14H2,1H3/b10-9+/t19-/m0/s1. The molecule has 0 N–H and O–H groups in total. The molecule has 0 unspecified atom stereocenters. The van der Waals surface area contributed by atoms with E-state index in [0.717, 1.165) is 16.7 Å². The third kappa shape index (κ3) is 5.23. The maximum absolute atomic E-state index is 12.7. The number of hydrogen-bond acceptors (Lipinski definition) is 5. The molecule has 6 nitrogen and oxygen atoms in total. The number of halogens is 1. The van der Waals surface area contributed by atoms with Crippen molar-refractivity contribution in [1.82, 2.24) is 4.90 Å². The molecule has 2 aromatic carbocycles. The van der Waals surface area contributed by atoms with E-state index in [0.29, 0.717) is 11.4 Å². The van der Waals surface area contributed by atoms with Gasteiger partial charge in [0.15, 0.2) is 6.61 Å². The smallest absolute Gasteiger partial charge is 0.331 e. The van der Waals surface area contributed by atoms with Crippen LogP contribution in [0.2, 0.25) is 5.02 Å². The molecule has 29 heavy (non-hydrogen) atoms. The highest BCUT2D eigenvalue weighted by Crippen LogP contribution is 2.24. The van der Waals surface area contributed by atoms with Crippen molar-refractivity contribution < 1.29 is 23.9 Å². The fraction of sp³-hybridized carbons (Fsp3) is 0.227. The summed E-state index contributed by atoms with van der Waals surface area (Å²) in [6.45, 7) is -0.209. The van der Waals surface area contributed by atoms with Crippen LogP contribution in [0.4, 0.5) is 0 Å². The summed E-state index contributed by atoms with van der Waals surface area (Å²) in [5.41, 5.74) is 2.68. The van der Waals surface area contributed by atoms with E-state index in [2.05, 4.69) is 0 Å². The summed E-state index contributed by atoms with van der Waals surface area (Å²) < 4.78 is 9.90. The predicted molar refractivity (Wildman–Crippen MR) is 108 cm³/mol. The lowest BCUT2D eigenvalue weighted by atomic mass is 9.94. The Labute approximate surface area is 173 Å². The number of carbonyl (C=O) groups is 3. The van der Waals surface area contributed by atoms with Crippen LogP contribution in [0.1, 0.15) is 16.7 Å². The van der Waals surface area contributed by atoms with Crippen molar-refractivity contribution in [3.05, 3.63) is 76.3 Å². The average molecular weight is 414 g/mol. The molecule has 0 fully saturated rings. The second-order valence-corrected chi connectivity index (χ2v) is 6.97. The molecule has 2 aromatic rings. The zero-order valence-corrected chi connectivity index (χ0v) is 16.6. The molecule has 3 rings (SSSR count). The molecule has 0 bridgehead atoms. The van der Waals surface area contributed by atoms with Crippen molar-refractivity contribution in [2.45, 2.75) is 19.0 Å². The monoisotopic (exact) mass is 413 g/mol. The number of amides is 1. The number of nitrogens with zero attached hydrogens (tertiary/aromatic N) is 1.